The highest BCUT2D eigenvalue weighted by Gasteiger charge is 2.18. The zero-order valence-electron chi connectivity index (χ0n) is 11.7. The molecule has 0 radical (unpaired) electrons. The number of carboxylic acid groups (broad SMARTS) is 1. The number of ether oxygens (including phenoxy) is 1. The quantitative estimate of drug-likeness (QED) is 0.671. The molecule has 110 valence electrons. The number of methoxy groups -OCH3 is 1. The van der Waals surface area contributed by atoms with Crippen molar-refractivity contribution >= 4 is 17.3 Å². The second kappa shape index (κ2) is 8.63. The van der Waals surface area contributed by atoms with Gasteiger partial charge in [0.15, 0.2) is 5.69 Å². The Bertz CT molecular complexity index is 461. The Balaban J connectivity index is 2.89. The minimum atomic E-state index is -0.989. The van der Waals surface area contributed by atoms with Crippen LogP contribution < -0.4 is 0 Å². The van der Waals surface area contributed by atoms with Crippen LogP contribution in [0, 0.1) is 0 Å². The van der Waals surface area contributed by atoms with E-state index in [-0.39, 0.29) is 5.69 Å². The predicted molar refractivity (Wildman–Crippen MR) is 80.3 cm³/mol. The first-order valence-electron chi connectivity index (χ1n) is 6.27. The molecule has 0 unspecified atom stereocenters. The molecule has 0 amide bonds. The summed E-state index contributed by atoms with van der Waals surface area (Å²) in [5.41, 5.74) is 0.138. The maximum Gasteiger partial charge on any atom is 0.355 e. The Morgan fingerprint density at radius 1 is 1.45 bits per heavy atom. The molecule has 1 heterocycles. The Morgan fingerprint density at radius 2 is 2.10 bits per heavy atom. The Morgan fingerprint density at radius 3 is 2.60 bits per heavy atom. The van der Waals surface area contributed by atoms with Crippen molar-refractivity contribution in [2.24, 2.45) is 0 Å². The van der Waals surface area contributed by atoms with Crippen LogP contribution in [0.1, 0.15) is 20.4 Å². The van der Waals surface area contributed by atoms with Crippen molar-refractivity contribution in [3.8, 4) is 0 Å². The fraction of sp³-hybridized carbons (Fsp3) is 0.429. The van der Waals surface area contributed by atoms with E-state index < -0.39 is 5.97 Å². The Kier molecular flexibility index (Phi) is 7.14. The molecule has 6 heteroatoms. The molecule has 1 rings (SSSR count). The first kappa shape index (κ1) is 16.6. The number of thiazole rings is 1. The normalized spacial score (nSPS) is 10.7. The molecule has 0 aliphatic heterocycles. The standard InChI is InChI=1S/C14H20N2O3S/c1-4-7-16(8-5-2)10-11-13(14(17)18)15-12(20-11)6-9-19-3/h4-5H,1-2,6-10H2,3H3,(H,17,18). The number of carbonyl (C=O) groups is 1. The van der Waals surface area contributed by atoms with Gasteiger partial charge in [0.2, 0.25) is 0 Å². The third-order valence-electron chi connectivity index (χ3n) is 2.61. The maximum atomic E-state index is 11.3. The number of aromatic carboxylic acids is 1. The van der Waals surface area contributed by atoms with Crippen LogP contribution in [0.4, 0.5) is 0 Å². The molecule has 0 aliphatic rings. The van der Waals surface area contributed by atoms with Gasteiger partial charge in [-0.1, -0.05) is 12.2 Å². The minimum Gasteiger partial charge on any atom is -0.476 e. The van der Waals surface area contributed by atoms with E-state index in [0.29, 0.717) is 32.7 Å². The van der Waals surface area contributed by atoms with Gasteiger partial charge >= 0.3 is 5.97 Å². The lowest BCUT2D eigenvalue weighted by Crippen LogP contribution is -2.23. The number of hydrogen-bond acceptors (Lipinski definition) is 5. The Labute approximate surface area is 123 Å². The van der Waals surface area contributed by atoms with Crippen LogP contribution in [0.2, 0.25) is 0 Å². The van der Waals surface area contributed by atoms with Crippen molar-refractivity contribution in [1.82, 2.24) is 9.88 Å². The molecule has 0 saturated heterocycles. The number of hydrogen-bond donors (Lipinski definition) is 1. The minimum absolute atomic E-state index is 0.138. The van der Waals surface area contributed by atoms with Gasteiger partial charge in [0, 0.05) is 33.2 Å². The van der Waals surface area contributed by atoms with Gasteiger partial charge in [0.25, 0.3) is 0 Å². The van der Waals surface area contributed by atoms with Crippen molar-refractivity contribution in [1.29, 1.82) is 0 Å². The van der Waals surface area contributed by atoms with Crippen LogP contribution in [-0.2, 0) is 17.7 Å². The van der Waals surface area contributed by atoms with E-state index in [2.05, 4.69) is 23.0 Å². The molecule has 0 aromatic carbocycles. The highest BCUT2D eigenvalue weighted by atomic mass is 32.1. The summed E-state index contributed by atoms with van der Waals surface area (Å²) in [6.45, 7) is 9.84. The molecule has 1 aromatic heterocycles. The van der Waals surface area contributed by atoms with E-state index in [9.17, 15) is 9.90 Å². The number of nitrogens with zero attached hydrogens (tertiary/aromatic N) is 2. The largest absolute Gasteiger partial charge is 0.476 e. The molecule has 0 atom stereocenters. The molecule has 0 saturated carbocycles. The average molecular weight is 296 g/mol. The second-order valence-electron chi connectivity index (χ2n) is 4.20. The Hall–Kier alpha value is -1.50. The van der Waals surface area contributed by atoms with Crippen LogP contribution in [0.5, 0.6) is 0 Å². The van der Waals surface area contributed by atoms with E-state index in [1.54, 1.807) is 19.3 Å². The van der Waals surface area contributed by atoms with Gasteiger partial charge < -0.3 is 9.84 Å². The molecule has 0 bridgehead atoms. The SMILES string of the molecule is C=CCN(CC=C)Cc1sc(CCOC)nc1C(=O)O. The number of rotatable bonds is 10. The molecule has 0 spiro atoms. The summed E-state index contributed by atoms with van der Waals surface area (Å²) in [7, 11) is 1.61. The number of aromatic nitrogens is 1. The van der Waals surface area contributed by atoms with Crippen molar-refractivity contribution in [3.05, 3.63) is 40.9 Å². The molecular weight excluding hydrogens is 276 g/mol. The summed E-state index contributed by atoms with van der Waals surface area (Å²) in [5, 5.41) is 10.0. The van der Waals surface area contributed by atoms with Crippen LogP contribution in [0.25, 0.3) is 0 Å². The van der Waals surface area contributed by atoms with Gasteiger partial charge in [-0.25, -0.2) is 9.78 Å². The lowest BCUT2D eigenvalue weighted by molar-refractivity contribution is 0.0689. The third-order valence-corrected chi connectivity index (χ3v) is 3.71. The van der Waals surface area contributed by atoms with E-state index in [1.165, 1.54) is 11.3 Å². The van der Waals surface area contributed by atoms with Crippen molar-refractivity contribution in [2.75, 3.05) is 26.8 Å². The fourth-order valence-corrected chi connectivity index (χ4v) is 2.83. The summed E-state index contributed by atoms with van der Waals surface area (Å²) in [6, 6.07) is 0. The summed E-state index contributed by atoms with van der Waals surface area (Å²) in [4.78, 5) is 18.3. The molecule has 1 N–H and O–H groups in total. The molecule has 5 nitrogen and oxygen atoms in total. The van der Waals surface area contributed by atoms with Crippen LogP contribution in [0.15, 0.2) is 25.3 Å². The smallest absolute Gasteiger partial charge is 0.355 e. The summed E-state index contributed by atoms with van der Waals surface area (Å²) >= 11 is 1.43. The van der Waals surface area contributed by atoms with Gasteiger partial charge in [-0.15, -0.1) is 24.5 Å². The molecule has 1 aromatic rings. The highest BCUT2D eigenvalue weighted by molar-refractivity contribution is 7.11. The first-order chi connectivity index (χ1) is 9.62. The molecule has 0 fully saturated rings. The van der Waals surface area contributed by atoms with Crippen LogP contribution in [0.3, 0.4) is 0 Å². The zero-order valence-corrected chi connectivity index (χ0v) is 12.5. The lowest BCUT2D eigenvalue weighted by atomic mass is 10.3. The van der Waals surface area contributed by atoms with Crippen molar-refractivity contribution in [3.63, 3.8) is 0 Å². The summed E-state index contributed by atoms with van der Waals surface area (Å²) in [6.07, 6.45) is 4.21. The first-order valence-corrected chi connectivity index (χ1v) is 7.09. The third kappa shape index (κ3) is 4.88. The van der Waals surface area contributed by atoms with E-state index in [1.807, 2.05) is 0 Å². The number of carboxylic acids is 1. The van der Waals surface area contributed by atoms with Gasteiger partial charge in [0.05, 0.1) is 16.5 Å². The average Bonchev–Trinajstić information content (AvgIpc) is 2.80. The van der Waals surface area contributed by atoms with E-state index >= 15 is 0 Å². The van der Waals surface area contributed by atoms with E-state index in [0.717, 1.165) is 9.88 Å². The van der Waals surface area contributed by atoms with Gasteiger partial charge in [0.1, 0.15) is 0 Å². The van der Waals surface area contributed by atoms with E-state index in [4.69, 9.17) is 4.74 Å². The molecule has 20 heavy (non-hydrogen) atoms. The predicted octanol–water partition coefficient (Wildman–Crippen LogP) is 2.20. The molecule has 0 aliphatic carbocycles. The van der Waals surface area contributed by atoms with Gasteiger partial charge in [-0.3, -0.25) is 4.90 Å². The zero-order chi connectivity index (χ0) is 15.0. The second-order valence-corrected chi connectivity index (χ2v) is 5.37. The summed E-state index contributed by atoms with van der Waals surface area (Å²) in [5.74, 6) is -0.989. The van der Waals surface area contributed by atoms with Gasteiger partial charge in [-0.05, 0) is 0 Å². The van der Waals surface area contributed by atoms with Crippen LogP contribution >= 0.6 is 11.3 Å². The summed E-state index contributed by atoms with van der Waals surface area (Å²) < 4.78 is 5.00. The van der Waals surface area contributed by atoms with Crippen LogP contribution in [-0.4, -0.2) is 47.8 Å². The van der Waals surface area contributed by atoms with Crippen molar-refractivity contribution in [2.45, 2.75) is 13.0 Å². The fourth-order valence-electron chi connectivity index (χ4n) is 1.74. The topological polar surface area (TPSA) is 62.7 Å². The molecular formula is C14H20N2O3S. The lowest BCUT2D eigenvalue weighted by Gasteiger charge is -2.17. The maximum absolute atomic E-state index is 11.3. The van der Waals surface area contributed by atoms with Crippen molar-refractivity contribution < 1.29 is 14.6 Å². The highest BCUT2D eigenvalue weighted by Crippen LogP contribution is 2.21. The monoisotopic (exact) mass is 296 g/mol. The van der Waals surface area contributed by atoms with Gasteiger partial charge in [-0.2, -0.15) is 0 Å².